The molecule has 0 bridgehead atoms. The molecule has 2 rings (SSSR count). The number of methoxy groups -OCH3 is 1. The van der Waals surface area contributed by atoms with Crippen molar-refractivity contribution in [2.45, 2.75) is 38.9 Å². The van der Waals surface area contributed by atoms with Gasteiger partial charge in [0.25, 0.3) is 0 Å². The second-order valence-electron chi connectivity index (χ2n) is 4.82. The molecule has 1 fully saturated rings. The van der Waals surface area contributed by atoms with Crippen LogP contribution in [0.15, 0.2) is 5.38 Å². The Labute approximate surface area is 100 Å². The zero-order valence-corrected chi connectivity index (χ0v) is 11.1. The van der Waals surface area contributed by atoms with Gasteiger partial charge in [0.05, 0.1) is 23.7 Å². The van der Waals surface area contributed by atoms with Gasteiger partial charge in [0, 0.05) is 0 Å². The van der Waals surface area contributed by atoms with E-state index < -0.39 is 0 Å². The van der Waals surface area contributed by atoms with E-state index in [0.717, 1.165) is 4.91 Å². The minimum atomic E-state index is -0.390. The Morgan fingerprint density at radius 1 is 1.25 bits per heavy atom. The molecule has 1 aromatic rings. The summed E-state index contributed by atoms with van der Waals surface area (Å²) in [5.74, 6) is 0.606. The molecule has 88 valence electrons. The Bertz CT molecular complexity index is 375. The lowest BCUT2D eigenvalue weighted by atomic mass is 9.90. The topological polar surface area (TPSA) is 40.6 Å². The van der Waals surface area contributed by atoms with E-state index in [-0.39, 0.29) is 18.3 Å². The highest BCUT2D eigenvalue weighted by atomic mass is 32.1. The highest BCUT2D eigenvalue weighted by Gasteiger charge is 2.52. The smallest absolute Gasteiger partial charge is 0.480 e. The molecule has 0 amide bonds. The van der Waals surface area contributed by atoms with Gasteiger partial charge in [0.15, 0.2) is 0 Å². The first-order valence-electron chi connectivity index (χ1n) is 5.21. The van der Waals surface area contributed by atoms with E-state index in [2.05, 4.69) is 4.98 Å². The second-order valence-corrected chi connectivity index (χ2v) is 5.71. The number of hydrogen-bond acceptors (Lipinski definition) is 5. The van der Waals surface area contributed by atoms with Crippen molar-refractivity contribution in [3.63, 3.8) is 0 Å². The van der Waals surface area contributed by atoms with Gasteiger partial charge in [-0.05, 0) is 27.7 Å². The summed E-state index contributed by atoms with van der Waals surface area (Å²) in [4.78, 5) is 5.09. The normalized spacial score (nSPS) is 22.4. The van der Waals surface area contributed by atoms with Crippen LogP contribution in [0.4, 0.5) is 0 Å². The molecule has 0 radical (unpaired) electrons. The maximum atomic E-state index is 5.88. The van der Waals surface area contributed by atoms with E-state index >= 15 is 0 Å². The summed E-state index contributed by atoms with van der Waals surface area (Å²) in [5.41, 5.74) is -0.646. The van der Waals surface area contributed by atoms with Gasteiger partial charge in [-0.15, -0.1) is 11.3 Å². The van der Waals surface area contributed by atoms with Gasteiger partial charge in [-0.3, -0.25) is 0 Å². The fourth-order valence-electron chi connectivity index (χ4n) is 1.42. The fraction of sp³-hybridized carbons (Fsp3) is 0.700. The van der Waals surface area contributed by atoms with E-state index in [1.807, 2.05) is 33.1 Å². The van der Waals surface area contributed by atoms with Gasteiger partial charge in [0.1, 0.15) is 4.91 Å². The minimum absolute atomic E-state index is 0.323. The lowest BCUT2D eigenvalue weighted by Crippen LogP contribution is -2.41. The molecule has 0 saturated carbocycles. The second kappa shape index (κ2) is 3.72. The summed E-state index contributed by atoms with van der Waals surface area (Å²) in [7, 11) is 1.21. The van der Waals surface area contributed by atoms with Crippen LogP contribution in [-0.4, -0.2) is 30.4 Å². The Hall–Kier alpha value is -0.585. The first-order valence-corrected chi connectivity index (χ1v) is 6.09. The van der Waals surface area contributed by atoms with Crippen molar-refractivity contribution in [3.05, 3.63) is 5.38 Å². The van der Waals surface area contributed by atoms with E-state index in [9.17, 15) is 0 Å². The highest BCUT2D eigenvalue weighted by Crippen LogP contribution is 2.36. The van der Waals surface area contributed by atoms with E-state index in [4.69, 9.17) is 14.0 Å². The molecule has 16 heavy (non-hydrogen) atoms. The van der Waals surface area contributed by atoms with Crippen molar-refractivity contribution in [2.75, 3.05) is 7.11 Å². The zero-order chi connectivity index (χ0) is 12.0. The van der Waals surface area contributed by atoms with E-state index in [0.29, 0.717) is 5.88 Å². The number of ether oxygens (including phenoxy) is 1. The predicted octanol–water partition coefficient (Wildman–Crippen LogP) is 1.45. The fourth-order valence-corrected chi connectivity index (χ4v) is 2.14. The number of hydrogen-bond donors (Lipinski definition) is 0. The molecule has 1 saturated heterocycles. The van der Waals surface area contributed by atoms with E-state index in [1.165, 1.54) is 11.3 Å². The number of thiazole rings is 1. The third-order valence-electron chi connectivity index (χ3n) is 3.16. The van der Waals surface area contributed by atoms with Gasteiger partial charge in [-0.2, -0.15) is 0 Å². The van der Waals surface area contributed by atoms with Gasteiger partial charge in [-0.1, -0.05) is 0 Å². The summed E-state index contributed by atoms with van der Waals surface area (Å²) in [5, 5.41) is 1.85. The van der Waals surface area contributed by atoms with Crippen LogP contribution >= 0.6 is 11.3 Å². The van der Waals surface area contributed by atoms with Crippen molar-refractivity contribution < 1.29 is 14.0 Å². The maximum Gasteiger partial charge on any atom is 0.525 e. The van der Waals surface area contributed by atoms with Gasteiger partial charge < -0.3 is 14.0 Å². The van der Waals surface area contributed by atoms with Crippen LogP contribution in [0, 0.1) is 0 Å². The average Bonchev–Trinajstić information content (AvgIpc) is 2.70. The molecule has 0 atom stereocenters. The van der Waals surface area contributed by atoms with Gasteiger partial charge in [0.2, 0.25) is 5.88 Å². The molecule has 1 aromatic heterocycles. The molecule has 0 unspecified atom stereocenters. The lowest BCUT2D eigenvalue weighted by Gasteiger charge is -2.32. The molecule has 0 aromatic carbocycles. The van der Waals surface area contributed by atoms with Crippen LogP contribution in [0.3, 0.4) is 0 Å². The first kappa shape index (κ1) is 11.9. The molecule has 6 heteroatoms. The van der Waals surface area contributed by atoms with Crippen LogP contribution in [0.2, 0.25) is 0 Å². The van der Waals surface area contributed by atoms with E-state index in [1.54, 1.807) is 7.11 Å². The Kier molecular flexibility index (Phi) is 2.76. The lowest BCUT2D eigenvalue weighted by molar-refractivity contribution is 0.00578. The predicted molar refractivity (Wildman–Crippen MR) is 64.4 cm³/mol. The van der Waals surface area contributed by atoms with Crippen LogP contribution in [-0.2, 0) is 9.31 Å². The maximum absolute atomic E-state index is 5.88. The molecule has 1 aliphatic heterocycles. The third-order valence-corrected chi connectivity index (χ3v) is 4.01. The standard InChI is InChI=1S/C10H16BNO3S/c1-9(2)10(3,4)15-11(14-9)8-12-7(13-5)6-16-8/h6H,1-5H3. The summed E-state index contributed by atoms with van der Waals surface area (Å²) in [6, 6.07) is 0. The van der Waals surface area contributed by atoms with Crippen molar-refractivity contribution >= 4 is 23.4 Å². The molecule has 0 spiro atoms. The van der Waals surface area contributed by atoms with Gasteiger partial charge >= 0.3 is 7.12 Å². The van der Waals surface area contributed by atoms with Crippen molar-refractivity contribution in [2.24, 2.45) is 0 Å². The monoisotopic (exact) mass is 241 g/mol. The minimum Gasteiger partial charge on any atom is -0.480 e. The summed E-state index contributed by atoms with van der Waals surface area (Å²) in [6.45, 7) is 8.10. The van der Waals surface area contributed by atoms with Gasteiger partial charge in [-0.25, -0.2) is 4.98 Å². The number of nitrogens with zero attached hydrogens (tertiary/aromatic N) is 1. The van der Waals surface area contributed by atoms with Crippen LogP contribution in [0.25, 0.3) is 0 Å². The molecule has 0 aliphatic carbocycles. The van der Waals surface area contributed by atoms with Crippen molar-refractivity contribution in [3.8, 4) is 5.88 Å². The Morgan fingerprint density at radius 3 is 2.25 bits per heavy atom. The summed E-state index contributed by atoms with van der Waals surface area (Å²) >= 11 is 1.49. The van der Waals surface area contributed by atoms with Crippen LogP contribution < -0.4 is 9.64 Å². The SMILES string of the molecule is COc1csc(B2OC(C)(C)C(C)(C)O2)n1. The number of aromatic nitrogens is 1. The highest BCUT2D eigenvalue weighted by molar-refractivity contribution is 7.20. The number of rotatable bonds is 2. The first-order chi connectivity index (χ1) is 7.36. The molecule has 1 aliphatic rings. The Balaban J connectivity index is 2.20. The molecule has 2 heterocycles. The quantitative estimate of drug-likeness (QED) is 0.735. The molecular formula is C10H16BNO3S. The van der Waals surface area contributed by atoms with Crippen molar-refractivity contribution in [1.29, 1.82) is 0 Å². The average molecular weight is 241 g/mol. The van der Waals surface area contributed by atoms with Crippen LogP contribution in [0.1, 0.15) is 27.7 Å². The zero-order valence-electron chi connectivity index (χ0n) is 10.2. The summed E-state index contributed by atoms with van der Waals surface area (Å²) in [6.07, 6.45) is 0. The third kappa shape index (κ3) is 1.85. The molecule has 4 nitrogen and oxygen atoms in total. The molecular weight excluding hydrogens is 225 g/mol. The Morgan fingerprint density at radius 2 is 1.81 bits per heavy atom. The largest absolute Gasteiger partial charge is 0.525 e. The van der Waals surface area contributed by atoms with Crippen molar-refractivity contribution in [1.82, 2.24) is 4.98 Å². The van der Waals surface area contributed by atoms with Crippen LogP contribution in [0.5, 0.6) is 5.88 Å². The molecule has 0 N–H and O–H groups in total. The summed E-state index contributed by atoms with van der Waals surface area (Å²) < 4.78 is 16.8.